The third-order valence-electron chi connectivity index (χ3n) is 6.42. The van der Waals surface area contributed by atoms with Crippen LogP contribution in [-0.4, -0.2) is 70.0 Å². The maximum absolute atomic E-state index is 14.0. The summed E-state index contributed by atoms with van der Waals surface area (Å²) in [4.78, 5) is 4.25. The molecule has 16 heteroatoms. The summed E-state index contributed by atoms with van der Waals surface area (Å²) in [6, 6.07) is 5.33. The number of halogens is 6. The Labute approximate surface area is 233 Å². The zero-order valence-corrected chi connectivity index (χ0v) is 21.8. The third kappa shape index (κ3) is 5.18. The Balaban J connectivity index is 1.56. The van der Waals surface area contributed by atoms with E-state index >= 15 is 0 Å². The lowest BCUT2D eigenvalue weighted by Gasteiger charge is -2.41. The van der Waals surface area contributed by atoms with Crippen LogP contribution in [0.4, 0.5) is 17.6 Å². The van der Waals surface area contributed by atoms with E-state index in [0.717, 1.165) is 33.6 Å². The summed E-state index contributed by atoms with van der Waals surface area (Å²) in [7, 11) is 0. The van der Waals surface area contributed by atoms with Crippen LogP contribution in [0.2, 0.25) is 10.0 Å². The molecule has 0 amide bonds. The fourth-order valence-corrected chi connectivity index (χ4v) is 4.80. The van der Waals surface area contributed by atoms with Gasteiger partial charge in [-0.15, -0.1) is 5.10 Å². The normalized spacial score (nSPS) is 23.5. The summed E-state index contributed by atoms with van der Waals surface area (Å²) in [6.07, 6.45) is -9.16. The molecule has 0 spiro atoms. The van der Waals surface area contributed by atoms with Gasteiger partial charge in [-0.3, -0.25) is 0 Å². The molecule has 0 saturated carbocycles. The highest BCUT2D eigenvalue weighted by atomic mass is 35.5. The molecule has 212 valence electrons. The van der Waals surface area contributed by atoms with E-state index in [1.807, 2.05) is 0 Å². The molecule has 0 unspecified atom stereocenters. The van der Waals surface area contributed by atoms with Gasteiger partial charge in [-0.2, -0.15) is 18.3 Å². The van der Waals surface area contributed by atoms with Crippen LogP contribution in [0.15, 0.2) is 42.6 Å². The standard InChI is InChI=1S/C24H20Cl2F4N6O4/c1-10-31-23(36(33-10)17-7-12(24(28,29)30)3-5-14(17)26)22-21(39)19(20(38)18(9-37)40-22)35-8-16(32-34-35)11-2-4-13(25)15(27)6-11/h2-8,18-22,37-39H,9H2,1H3/t18-,19+,20+,21-,22-/m1/s1. The van der Waals surface area contributed by atoms with E-state index in [0.29, 0.717) is 5.56 Å². The van der Waals surface area contributed by atoms with Crippen LogP contribution >= 0.6 is 23.2 Å². The maximum atomic E-state index is 14.0. The molecule has 10 nitrogen and oxygen atoms in total. The molecule has 0 radical (unpaired) electrons. The van der Waals surface area contributed by atoms with E-state index in [4.69, 9.17) is 27.9 Å². The largest absolute Gasteiger partial charge is 0.416 e. The predicted molar refractivity (Wildman–Crippen MR) is 132 cm³/mol. The molecule has 1 saturated heterocycles. The van der Waals surface area contributed by atoms with Gasteiger partial charge in [0.2, 0.25) is 0 Å². The smallest absolute Gasteiger partial charge is 0.394 e. The Morgan fingerprint density at radius 1 is 1.05 bits per heavy atom. The predicted octanol–water partition coefficient (Wildman–Crippen LogP) is 3.69. The number of aliphatic hydroxyl groups excluding tert-OH is 3. The fraction of sp³-hybridized carbons (Fsp3) is 0.333. The van der Waals surface area contributed by atoms with Crippen molar-refractivity contribution < 1.29 is 37.6 Å². The molecule has 5 atom stereocenters. The number of alkyl halides is 3. The Morgan fingerprint density at radius 3 is 2.45 bits per heavy atom. The Hall–Kier alpha value is -3.14. The van der Waals surface area contributed by atoms with E-state index in [9.17, 15) is 32.9 Å². The van der Waals surface area contributed by atoms with Gasteiger partial charge in [0.05, 0.1) is 34.1 Å². The van der Waals surface area contributed by atoms with Crippen molar-refractivity contribution in [3.63, 3.8) is 0 Å². The van der Waals surface area contributed by atoms with Crippen molar-refractivity contribution in [3.8, 4) is 16.9 Å². The van der Waals surface area contributed by atoms with Crippen molar-refractivity contribution >= 4 is 23.2 Å². The number of hydrogen-bond acceptors (Lipinski definition) is 8. The first-order valence-electron chi connectivity index (χ1n) is 11.7. The van der Waals surface area contributed by atoms with E-state index in [1.54, 1.807) is 0 Å². The van der Waals surface area contributed by atoms with Gasteiger partial charge in [0.25, 0.3) is 0 Å². The van der Waals surface area contributed by atoms with Crippen molar-refractivity contribution in [2.75, 3.05) is 6.61 Å². The van der Waals surface area contributed by atoms with Gasteiger partial charge in [0, 0.05) is 5.56 Å². The second-order valence-corrected chi connectivity index (χ2v) is 9.87. The van der Waals surface area contributed by atoms with Gasteiger partial charge in [-0.25, -0.2) is 18.7 Å². The molecular formula is C24H20Cl2F4N6O4. The van der Waals surface area contributed by atoms with E-state index < -0.39 is 54.6 Å². The first kappa shape index (κ1) is 28.4. The Bertz CT molecular complexity index is 1550. The monoisotopic (exact) mass is 602 g/mol. The molecular weight excluding hydrogens is 583 g/mol. The number of benzene rings is 2. The van der Waals surface area contributed by atoms with E-state index in [-0.39, 0.29) is 33.1 Å². The van der Waals surface area contributed by atoms with Crippen molar-refractivity contribution in [3.05, 3.63) is 75.7 Å². The molecule has 0 aliphatic carbocycles. The second-order valence-electron chi connectivity index (χ2n) is 9.06. The summed E-state index contributed by atoms with van der Waals surface area (Å²) < 4.78 is 62.2. The highest BCUT2D eigenvalue weighted by molar-refractivity contribution is 6.32. The third-order valence-corrected chi connectivity index (χ3v) is 7.04. The van der Waals surface area contributed by atoms with Crippen molar-refractivity contribution in [1.29, 1.82) is 0 Å². The Kier molecular flexibility index (Phi) is 7.58. The SMILES string of the molecule is Cc1nc([C@@H]2O[C@H](CO)[C@H](O)[C@H](n3cc(-c4ccc(Cl)c(F)c4)nn3)[C@H]2O)n(-c2cc(C(F)(F)F)ccc2Cl)n1. The number of nitrogens with zero attached hydrogens (tertiary/aromatic N) is 6. The number of aryl methyl sites for hydroxylation is 1. The van der Waals surface area contributed by atoms with Crippen LogP contribution in [0, 0.1) is 12.7 Å². The van der Waals surface area contributed by atoms with Gasteiger partial charge >= 0.3 is 6.18 Å². The second kappa shape index (κ2) is 10.7. The first-order chi connectivity index (χ1) is 18.9. The van der Waals surface area contributed by atoms with Crippen LogP contribution in [-0.2, 0) is 10.9 Å². The number of hydrogen-bond donors (Lipinski definition) is 3. The molecule has 1 fully saturated rings. The van der Waals surface area contributed by atoms with Crippen molar-refractivity contribution in [2.24, 2.45) is 0 Å². The van der Waals surface area contributed by atoms with Crippen LogP contribution in [0.1, 0.15) is 29.4 Å². The number of aliphatic hydroxyl groups is 3. The van der Waals surface area contributed by atoms with Crippen LogP contribution in [0.5, 0.6) is 0 Å². The molecule has 2 aromatic heterocycles. The van der Waals surface area contributed by atoms with E-state index in [2.05, 4.69) is 20.4 Å². The summed E-state index contributed by atoms with van der Waals surface area (Å²) in [6.45, 7) is 0.782. The summed E-state index contributed by atoms with van der Waals surface area (Å²) in [5.41, 5.74) is -0.673. The van der Waals surface area contributed by atoms with Crippen molar-refractivity contribution in [1.82, 2.24) is 29.8 Å². The zero-order valence-electron chi connectivity index (χ0n) is 20.3. The molecule has 0 bridgehead atoms. The summed E-state index contributed by atoms with van der Waals surface area (Å²) in [5.74, 6) is -0.708. The maximum Gasteiger partial charge on any atom is 0.416 e. The molecule has 1 aliphatic heterocycles. The molecule has 40 heavy (non-hydrogen) atoms. The summed E-state index contributed by atoms with van der Waals surface area (Å²) >= 11 is 12.0. The van der Waals surface area contributed by atoms with Gasteiger partial charge in [-0.05, 0) is 37.3 Å². The van der Waals surface area contributed by atoms with Crippen LogP contribution in [0.3, 0.4) is 0 Å². The van der Waals surface area contributed by atoms with Gasteiger partial charge in [-0.1, -0.05) is 34.5 Å². The lowest BCUT2D eigenvalue weighted by molar-refractivity contribution is -0.210. The highest BCUT2D eigenvalue weighted by Crippen LogP contribution is 2.40. The quantitative estimate of drug-likeness (QED) is 0.295. The lowest BCUT2D eigenvalue weighted by Crippen LogP contribution is -2.53. The molecule has 4 aromatic rings. The van der Waals surface area contributed by atoms with Crippen LogP contribution < -0.4 is 0 Å². The minimum Gasteiger partial charge on any atom is -0.394 e. The first-order valence-corrected chi connectivity index (χ1v) is 12.4. The highest BCUT2D eigenvalue weighted by Gasteiger charge is 2.48. The van der Waals surface area contributed by atoms with Gasteiger partial charge < -0.3 is 20.1 Å². The minimum atomic E-state index is -4.68. The molecule has 3 heterocycles. The molecule has 3 N–H and O–H groups in total. The summed E-state index contributed by atoms with van der Waals surface area (Å²) in [5, 5.41) is 44.2. The van der Waals surface area contributed by atoms with E-state index in [1.165, 1.54) is 25.3 Å². The van der Waals surface area contributed by atoms with Gasteiger partial charge in [0.1, 0.15) is 47.8 Å². The Morgan fingerprint density at radius 2 is 1.77 bits per heavy atom. The number of rotatable bonds is 5. The van der Waals surface area contributed by atoms with Gasteiger partial charge in [0.15, 0.2) is 5.82 Å². The van der Waals surface area contributed by atoms with Crippen molar-refractivity contribution in [2.45, 2.75) is 43.6 Å². The fourth-order valence-electron chi connectivity index (χ4n) is 4.48. The average Bonchev–Trinajstić information content (AvgIpc) is 3.53. The molecule has 2 aromatic carbocycles. The van der Waals surface area contributed by atoms with Crippen LogP contribution in [0.25, 0.3) is 16.9 Å². The minimum absolute atomic E-state index is 0.0872. The molecule has 5 rings (SSSR count). The topological polar surface area (TPSA) is 131 Å². The zero-order chi connectivity index (χ0) is 28.9. The molecule has 1 aliphatic rings. The number of aromatic nitrogens is 6. The lowest BCUT2D eigenvalue weighted by atomic mass is 9.92. The number of ether oxygens (including phenoxy) is 1. The average molecular weight is 603 g/mol.